The molecule has 0 saturated carbocycles. The Labute approximate surface area is 184 Å². The number of esters is 1. The number of rotatable bonds is 7. The van der Waals surface area contributed by atoms with Crippen molar-refractivity contribution in [1.82, 2.24) is 9.47 Å². The van der Waals surface area contributed by atoms with Gasteiger partial charge in [0.15, 0.2) is 0 Å². The highest BCUT2D eigenvalue weighted by Crippen LogP contribution is 2.32. The summed E-state index contributed by atoms with van der Waals surface area (Å²) in [4.78, 5) is 55.9. The zero-order chi connectivity index (χ0) is 23.4. The van der Waals surface area contributed by atoms with Crippen LogP contribution in [0.2, 0.25) is 0 Å². The molecule has 1 unspecified atom stereocenters. The summed E-state index contributed by atoms with van der Waals surface area (Å²) >= 11 is 0. The van der Waals surface area contributed by atoms with E-state index >= 15 is 0 Å². The van der Waals surface area contributed by atoms with E-state index in [0.717, 1.165) is 9.47 Å². The molecule has 3 rings (SSSR count). The second-order valence-electron chi connectivity index (χ2n) is 7.33. The molecule has 1 atom stereocenters. The topological polar surface area (TPSA) is 122 Å². The summed E-state index contributed by atoms with van der Waals surface area (Å²) in [5.41, 5.74) is 9.42. The van der Waals surface area contributed by atoms with E-state index in [0.29, 0.717) is 35.7 Å². The number of nitrogens with zero attached hydrogens (tertiary/aromatic N) is 4. The van der Waals surface area contributed by atoms with Crippen molar-refractivity contribution in [2.75, 3.05) is 13.2 Å². The van der Waals surface area contributed by atoms with Crippen LogP contribution >= 0.6 is 0 Å². The van der Waals surface area contributed by atoms with Crippen molar-refractivity contribution in [3.63, 3.8) is 0 Å². The molecule has 32 heavy (non-hydrogen) atoms. The number of ether oxygens (including phenoxy) is 1. The number of imide groups is 1. The van der Waals surface area contributed by atoms with E-state index in [1.54, 1.807) is 37.3 Å². The molecular weight excluding hydrogens is 412 g/mol. The van der Waals surface area contributed by atoms with Crippen LogP contribution in [0.15, 0.2) is 36.9 Å². The van der Waals surface area contributed by atoms with Crippen LogP contribution in [0.25, 0.3) is 16.4 Å². The van der Waals surface area contributed by atoms with Crippen LogP contribution in [-0.2, 0) is 20.7 Å². The Morgan fingerprint density at radius 2 is 2.00 bits per heavy atom. The number of fused-ring (bicyclic) bond motifs is 3. The van der Waals surface area contributed by atoms with E-state index in [9.17, 15) is 24.7 Å². The lowest BCUT2D eigenvalue weighted by atomic mass is 9.97. The molecule has 1 aromatic heterocycles. The number of carbonyl (C=O) groups excluding carboxylic acids is 4. The molecule has 0 radical (unpaired) electrons. The first-order valence-electron chi connectivity index (χ1n) is 10.4. The summed E-state index contributed by atoms with van der Waals surface area (Å²) in [7, 11) is 0. The molecule has 1 aliphatic heterocycles. The van der Waals surface area contributed by atoms with E-state index in [-0.39, 0.29) is 24.8 Å². The number of aromatic nitrogens is 1. The van der Waals surface area contributed by atoms with Gasteiger partial charge in [0.2, 0.25) is 5.91 Å². The van der Waals surface area contributed by atoms with Crippen LogP contribution in [0.4, 0.5) is 0 Å². The fourth-order valence-corrected chi connectivity index (χ4v) is 4.00. The van der Waals surface area contributed by atoms with Gasteiger partial charge in [-0.05, 0) is 37.8 Å². The van der Waals surface area contributed by atoms with Gasteiger partial charge in [0, 0.05) is 17.8 Å². The molecule has 9 nitrogen and oxygen atoms in total. The Kier molecular flexibility index (Phi) is 6.80. The van der Waals surface area contributed by atoms with Crippen LogP contribution in [0.3, 0.4) is 0 Å². The van der Waals surface area contributed by atoms with Crippen molar-refractivity contribution >= 4 is 40.3 Å². The van der Waals surface area contributed by atoms with Crippen LogP contribution in [-0.4, -0.2) is 56.8 Å². The summed E-state index contributed by atoms with van der Waals surface area (Å²) in [6.45, 7) is 7.23. The third-order valence-electron chi connectivity index (χ3n) is 5.55. The summed E-state index contributed by atoms with van der Waals surface area (Å²) < 4.78 is 5.84. The second kappa shape index (κ2) is 9.53. The van der Waals surface area contributed by atoms with Gasteiger partial charge < -0.3 is 10.3 Å². The molecule has 0 bridgehead atoms. The third kappa shape index (κ3) is 3.78. The van der Waals surface area contributed by atoms with Crippen LogP contribution in [0.5, 0.6) is 0 Å². The quantitative estimate of drug-likeness (QED) is 0.165. The average molecular weight is 436 g/mol. The highest BCUT2D eigenvalue weighted by atomic mass is 16.5. The maximum atomic E-state index is 13.5. The first-order valence-corrected chi connectivity index (χ1v) is 10.4. The number of amides is 2. The molecule has 0 spiro atoms. The standard InChI is InChI=1S/C23H24N4O5/c1-4-9-14(5-2)20(28)26-13-12-16-15-10-7-8-11-17(15)27(19(16)22(26)30)21(29)18(25-24)23(31)32-6-3/h4,7-8,10-11,14H,1,5-6,9,12-13H2,2-3H3. The van der Waals surface area contributed by atoms with Crippen molar-refractivity contribution in [1.29, 1.82) is 0 Å². The summed E-state index contributed by atoms with van der Waals surface area (Å²) in [5, 5.41) is 0.649. The van der Waals surface area contributed by atoms with Gasteiger partial charge in [-0.2, -0.15) is 4.79 Å². The number of allylic oxidation sites excluding steroid dienone is 1. The Hall–Kier alpha value is -3.84. The number of benzene rings is 1. The average Bonchev–Trinajstić information content (AvgIpc) is 3.13. The van der Waals surface area contributed by atoms with Gasteiger partial charge in [0.25, 0.3) is 5.91 Å². The maximum absolute atomic E-state index is 13.5. The van der Waals surface area contributed by atoms with E-state index in [1.165, 1.54) is 0 Å². The van der Waals surface area contributed by atoms with Gasteiger partial charge in [-0.3, -0.25) is 23.9 Å². The van der Waals surface area contributed by atoms with Gasteiger partial charge in [-0.25, -0.2) is 4.79 Å². The summed E-state index contributed by atoms with van der Waals surface area (Å²) in [6.07, 6.45) is 2.95. The first-order chi connectivity index (χ1) is 15.4. The Bertz CT molecular complexity index is 1170. The van der Waals surface area contributed by atoms with E-state index in [4.69, 9.17) is 4.74 Å². The minimum absolute atomic E-state index is 0.0188. The number of hydrogen-bond donors (Lipinski definition) is 0. The zero-order valence-electron chi connectivity index (χ0n) is 18.0. The Morgan fingerprint density at radius 3 is 2.62 bits per heavy atom. The second-order valence-corrected chi connectivity index (χ2v) is 7.33. The number of para-hydroxylation sites is 1. The van der Waals surface area contributed by atoms with Crippen LogP contribution in [0, 0.1) is 5.92 Å². The monoisotopic (exact) mass is 436 g/mol. The molecule has 9 heteroatoms. The summed E-state index contributed by atoms with van der Waals surface area (Å²) in [6, 6.07) is 6.83. The number of carbonyl (C=O) groups is 4. The van der Waals surface area contributed by atoms with Gasteiger partial charge >= 0.3 is 17.6 Å². The number of hydrogen-bond acceptors (Lipinski definition) is 5. The van der Waals surface area contributed by atoms with Crippen LogP contribution < -0.4 is 0 Å². The predicted molar refractivity (Wildman–Crippen MR) is 116 cm³/mol. The van der Waals surface area contributed by atoms with Gasteiger partial charge in [0.1, 0.15) is 5.69 Å². The van der Waals surface area contributed by atoms with Crippen LogP contribution in [0.1, 0.15) is 47.5 Å². The first kappa shape index (κ1) is 22.8. The van der Waals surface area contributed by atoms with Crippen molar-refractivity contribution in [3.8, 4) is 0 Å². The third-order valence-corrected chi connectivity index (χ3v) is 5.55. The molecule has 2 amide bonds. The molecular formula is C23H24N4O5. The molecule has 1 aliphatic rings. The van der Waals surface area contributed by atoms with Crippen molar-refractivity contribution in [2.24, 2.45) is 5.92 Å². The van der Waals surface area contributed by atoms with Gasteiger partial charge in [-0.15, -0.1) is 6.58 Å². The molecule has 0 fully saturated rings. The lowest BCUT2D eigenvalue weighted by molar-refractivity contribution is -0.139. The SMILES string of the molecule is C=CCC(CC)C(=O)N1CCc2c(n(C(=O)C(=[N+]=[N-])C(=O)OCC)c3ccccc23)C1=O. The molecule has 1 aromatic carbocycles. The summed E-state index contributed by atoms with van der Waals surface area (Å²) in [5.74, 6) is -3.50. The minimum atomic E-state index is -1.11. The van der Waals surface area contributed by atoms with E-state index in [1.807, 2.05) is 6.92 Å². The van der Waals surface area contributed by atoms with Crippen molar-refractivity contribution < 1.29 is 28.7 Å². The molecule has 2 heterocycles. The zero-order valence-corrected chi connectivity index (χ0v) is 18.0. The van der Waals surface area contributed by atoms with E-state index in [2.05, 4.69) is 11.4 Å². The molecule has 0 saturated heterocycles. The Morgan fingerprint density at radius 1 is 1.28 bits per heavy atom. The van der Waals surface area contributed by atoms with Gasteiger partial charge in [-0.1, -0.05) is 31.2 Å². The van der Waals surface area contributed by atoms with Crippen molar-refractivity contribution in [2.45, 2.75) is 33.1 Å². The normalized spacial score (nSPS) is 13.8. The van der Waals surface area contributed by atoms with Crippen molar-refractivity contribution in [3.05, 3.63) is 53.7 Å². The lowest BCUT2D eigenvalue weighted by Crippen LogP contribution is -2.46. The highest BCUT2D eigenvalue weighted by Gasteiger charge is 2.41. The molecule has 0 N–H and O–H groups in total. The fourth-order valence-electron chi connectivity index (χ4n) is 4.00. The fraction of sp³-hybridized carbons (Fsp3) is 0.348. The lowest BCUT2D eigenvalue weighted by Gasteiger charge is -2.29. The highest BCUT2D eigenvalue weighted by molar-refractivity contribution is 6.62. The Balaban J connectivity index is 2.16. The maximum Gasteiger partial charge on any atom is 0.463 e. The predicted octanol–water partition coefficient (Wildman–Crippen LogP) is 2.64. The molecule has 0 aliphatic carbocycles. The minimum Gasteiger partial charge on any atom is -0.457 e. The largest absolute Gasteiger partial charge is 0.463 e. The molecule has 2 aromatic rings. The smallest absolute Gasteiger partial charge is 0.457 e. The molecule has 166 valence electrons. The van der Waals surface area contributed by atoms with E-state index < -0.39 is 29.4 Å². The van der Waals surface area contributed by atoms with Gasteiger partial charge in [0.05, 0.1) is 12.1 Å².